The second kappa shape index (κ2) is 5.62. The lowest BCUT2D eigenvalue weighted by Crippen LogP contribution is -2.41. The molecular weight excluding hydrogens is 290 g/mol. The zero-order valence-electron chi connectivity index (χ0n) is 12.0. The average Bonchev–Trinajstić information content (AvgIpc) is 2.16. The monoisotopic (exact) mass is 313 g/mol. The van der Waals surface area contributed by atoms with Gasteiger partial charge in [-0.2, -0.15) is 0 Å². The molecule has 0 unspecified atom stereocenters. The smallest absolute Gasteiger partial charge is 0.120 e. The molecule has 0 amide bonds. The molecule has 0 heterocycles. The van der Waals surface area contributed by atoms with Crippen LogP contribution in [0.25, 0.3) is 0 Å². The third-order valence-corrected chi connectivity index (χ3v) is 3.26. The van der Waals surface area contributed by atoms with Gasteiger partial charge in [-0.1, -0.05) is 36.7 Å². The molecular formula is C15H24BrNO. The normalized spacial score (nSPS) is 12.8. The third-order valence-electron chi connectivity index (χ3n) is 2.77. The lowest BCUT2D eigenvalue weighted by Gasteiger charge is -2.33. The van der Waals surface area contributed by atoms with Gasteiger partial charge in [-0.15, -0.1) is 0 Å². The van der Waals surface area contributed by atoms with Crippen molar-refractivity contribution in [3.05, 3.63) is 28.2 Å². The van der Waals surface area contributed by atoms with Gasteiger partial charge in [0.1, 0.15) is 5.75 Å². The zero-order chi connectivity index (χ0) is 14.0. The molecule has 2 N–H and O–H groups in total. The van der Waals surface area contributed by atoms with Crippen LogP contribution in [-0.2, 0) is 6.54 Å². The van der Waals surface area contributed by atoms with Gasteiger partial charge in [0.2, 0.25) is 0 Å². The van der Waals surface area contributed by atoms with Gasteiger partial charge in [-0.05, 0) is 43.9 Å². The van der Waals surface area contributed by atoms with Crippen LogP contribution in [0.1, 0.15) is 46.6 Å². The van der Waals surface area contributed by atoms with E-state index in [1.165, 1.54) is 0 Å². The van der Waals surface area contributed by atoms with Crippen LogP contribution in [0.2, 0.25) is 0 Å². The van der Waals surface area contributed by atoms with Gasteiger partial charge in [-0.3, -0.25) is 0 Å². The predicted octanol–water partition coefficient (Wildman–Crippen LogP) is 4.46. The van der Waals surface area contributed by atoms with E-state index in [-0.39, 0.29) is 11.0 Å². The summed E-state index contributed by atoms with van der Waals surface area (Å²) in [6.45, 7) is 11.8. The highest BCUT2D eigenvalue weighted by Crippen LogP contribution is 2.28. The first-order valence-electron chi connectivity index (χ1n) is 6.31. The lowest BCUT2D eigenvalue weighted by atomic mass is 9.82. The number of hydrogen-bond acceptors (Lipinski definition) is 2. The Kier molecular flexibility index (Phi) is 4.84. The van der Waals surface area contributed by atoms with Gasteiger partial charge in [0.05, 0.1) is 0 Å². The highest BCUT2D eigenvalue weighted by molar-refractivity contribution is 9.10. The minimum Gasteiger partial charge on any atom is -0.508 e. The molecule has 1 rings (SSSR count). The van der Waals surface area contributed by atoms with Gasteiger partial charge in [0.25, 0.3) is 0 Å². The maximum atomic E-state index is 9.80. The van der Waals surface area contributed by atoms with E-state index in [0.29, 0.717) is 12.3 Å². The zero-order valence-corrected chi connectivity index (χ0v) is 13.6. The van der Waals surface area contributed by atoms with Crippen LogP contribution < -0.4 is 5.32 Å². The van der Waals surface area contributed by atoms with Crippen molar-refractivity contribution in [3.63, 3.8) is 0 Å². The van der Waals surface area contributed by atoms with E-state index in [1.54, 1.807) is 6.07 Å². The maximum absolute atomic E-state index is 9.80. The van der Waals surface area contributed by atoms with Crippen LogP contribution in [0.4, 0.5) is 0 Å². The Morgan fingerprint density at radius 3 is 2.33 bits per heavy atom. The Labute approximate surface area is 119 Å². The second-order valence-electron chi connectivity index (χ2n) is 6.75. The largest absolute Gasteiger partial charge is 0.508 e. The fourth-order valence-corrected chi connectivity index (χ4v) is 2.83. The van der Waals surface area contributed by atoms with E-state index in [9.17, 15) is 5.11 Å². The van der Waals surface area contributed by atoms with E-state index in [0.717, 1.165) is 16.5 Å². The number of aromatic hydroxyl groups is 1. The molecule has 2 nitrogen and oxygen atoms in total. The molecule has 0 aliphatic heterocycles. The molecule has 0 saturated heterocycles. The second-order valence-corrected chi connectivity index (χ2v) is 7.66. The fraction of sp³-hybridized carbons (Fsp3) is 0.600. The summed E-state index contributed by atoms with van der Waals surface area (Å²) < 4.78 is 0.991. The molecule has 0 fully saturated rings. The van der Waals surface area contributed by atoms with Crippen LogP contribution >= 0.6 is 15.9 Å². The quantitative estimate of drug-likeness (QED) is 0.860. The third kappa shape index (κ3) is 5.40. The van der Waals surface area contributed by atoms with Crippen molar-refractivity contribution in [2.75, 3.05) is 0 Å². The molecule has 3 heteroatoms. The summed E-state index contributed by atoms with van der Waals surface area (Å²) >= 11 is 3.43. The molecule has 1 aromatic carbocycles. The van der Waals surface area contributed by atoms with Crippen molar-refractivity contribution < 1.29 is 5.11 Å². The first-order valence-corrected chi connectivity index (χ1v) is 7.11. The Bertz CT molecular complexity index is 407. The topological polar surface area (TPSA) is 32.3 Å². The summed E-state index contributed by atoms with van der Waals surface area (Å²) in [5, 5.41) is 13.3. The van der Waals surface area contributed by atoms with Crippen molar-refractivity contribution in [2.24, 2.45) is 5.41 Å². The van der Waals surface area contributed by atoms with Gasteiger partial charge >= 0.3 is 0 Å². The van der Waals surface area contributed by atoms with E-state index in [1.807, 2.05) is 12.1 Å². The number of halogens is 1. The highest BCUT2D eigenvalue weighted by Gasteiger charge is 2.24. The molecule has 0 atom stereocenters. The molecule has 0 bridgehead atoms. The minimum atomic E-state index is 0.0486. The highest BCUT2D eigenvalue weighted by atomic mass is 79.9. The molecule has 0 saturated carbocycles. The number of benzene rings is 1. The van der Waals surface area contributed by atoms with E-state index in [2.05, 4.69) is 55.9 Å². The standard InChI is InChI=1S/C15H24BrNO/c1-14(2,3)10-15(4,5)17-9-11-8-12(16)6-7-13(11)18/h6-8,17-18H,9-10H2,1-5H3. The van der Waals surface area contributed by atoms with E-state index in [4.69, 9.17) is 0 Å². The molecule has 0 aromatic heterocycles. The Morgan fingerprint density at radius 2 is 1.78 bits per heavy atom. The minimum absolute atomic E-state index is 0.0486. The van der Waals surface area contributed by atoms with Crippen LogP contribution in [0.15, 0.2) is 22.7 Å². The Hall–Kier alpha value is -0.540. The van der Waals surface area contributed by atoms with Crippen LogP contribution in [0, 0.1) is 5.41 Å². The van der Waals surface area contributed by atoms with Gasteiger partial charge in [0.15, 0.2) is 0 Å². The fourth-order valence-electron chi connectivity index (χ4n) is 2.42. The summed E-state index contributed by atoms with van der Waals surface area (Å²) in [7, 11) is 0. The van der Waals surface area contributed by atoms with Crippen LogP contribution in [0.3, 0.4) is 0 Å². The first kappa shape index (κ1) is 15.5. The van der Waals surface area contributed by atoms with Crippen LogP contribution in [-0.4, -0.2) is 10.6 Å². The van der Waals surface area contributed by atoms with Crippen molar-refractivity contribution in [3.8, 4) is 5.75 Å². The predicted molar refractivity (Wildman–Crippen MR) is 80.8 cm³/mol. The summed E-state index contributed by atoms with van der Waals surface area (Å²) in [6, 6.07) is 5.52. The van der Waals surface area contributed by atoms with Gasteiger partial charge in [-0.25, -0.2) is 0 Å². The van der Waals surface area contributed by atoms with Crippen molar-refractivity contribution in [2.45, 2.75) is 53.1 Å². The van der Waals surface area contributed by atoms with Gasteiger partial charge in [0, 0.05) is 22.1 Å². The molecule has 0 aliphatic carbocycles. The Morgan fingerprint density at radius 1 is 1.17 bits per heavy atom. The molecule has 0 aliphatic rings. The Balaban J connectivity index is 2.67. The number of hydrogen-bond donors (Lipinski definition) is 2. The van der Waals surface area contributed by atoms with Crippen LogP contribution in [0.5, 0.6) is 5.75 Å². The summed E-state index contributed by atoms with van der Waals surface area (Å²) in [4.78, 5) is 0. The maximum Gasteiger partial charge on any atom is 0.120 e. The van der Waals surface area contributed by atoms with Crippen molar-refractivity contribution in [1.82, 2.24) is 5.32 Å². The number of nitrogens with one attached hydrogen (secondary N) is 1. The van der Waals surface area contributed by atoms with E-state index >= 15 is 0 Å². The molecule has 1 aromatic rings. The lowest BCUT2D eigenvalue weighted by molar-refractivity contribution is 0.240. The number of phenols is 1. The van der Waals surface area contributed by atoms with Gasteiger partial charge < -0.3 is 10.4 Å². The summed E-state index contributed by atoms with van der Waals surface area (Å²) in [5.41, 5.74) is 1.26. The van der Waals surface area contributed by atoms with Crippen molar-refractivity contribution in [1.29, 1.82) is 0 Å². The van der Waals surface area contributed by atoms with E-state index < -0.39 is 0 Å². The molecule has 0 spiro atoms. The summed E-state index contributed by atoms with van der Waals surface area (Å²) in [6.07, 6.45) is 1.08. The average molecular weight is 314 g/mol. The van der Waals surface area contributed by atoms with Crippen molar-refractivity contribution >= 4 is 15.9 Å². The summed E-state index contributed by atoms with van der Waals surface area (Å²) in [5.74, 6) is 0.345. The first-order chi connectivity index (χ1) is 8.09. The SMILES string of the molecule is CC(C)(C)CC(C)(C)NCc1cc(Br)ccc1O. The number of phenolic OH excluding ortho intramolecular Hbond substituents is 1. The number of rotatable bonds is 4. The molecule has 0 radical (unpaired) electrons. The molecule has 102 valence electrons. The molecule has 18 heavy (non-hydrogen) atoms.